The number of ether oxygens (including phenoxy) is 1. The molecule has 19 heavy (non-hydrogen) atoms. The molecule has 5 nitrogen and oxygen atoms in total. The quantitative estimate of drug-likeness (QED) is 0.785. The number of carbonyl (C=O) groups is 1. The van der Waals surface area contributed by atoms with Gasteiger partial charge in [-0.05, 0) is 30.3 Å². The van der Waals surface area contributed by atoms with E-state index in [0.717, 1.165) is 0 Å². The number of halogens is 1. The summed E-state index contributed by atoms with van der Waals surface area (Å²) in [6, 6.07) is 8.62. The van der Waals surface area contributed by atoms with Crippen LogP contribution in [0.25, 0.3) is 0 Å². The number of rotatable bonds is 5. The van der Waals surface area contributed by atoms with E-state index >= 15 is 0 Å². The van der Waals surface area contributed by atoms with E-state index in [1.165, 1.54) is 0 Å². The summed E-state index contributed by atoms with van der Waals surface area (Å²) < 4.78 is 5.34. The molecular formula is C13H14ClN3O2. The van der Waals surface area contributed by atoms with Crippen LogP contribution in [0, 0.1) is 0 Å². The average Bonchev–Trinajstić information content (AvgIpc) is 2.85. The van der Waals surface area contributed by atoms with Crippen molar-refractivity contribution in [3.8, 4) is 5.75 Å². The van der Waals surface area contributed by atoms with Crippen LogP contribution < -0.4 is 15.8 Å². The van der Waals surface area contributed by atoms with E-state index in [0.29, 0.717) is 35.3 Å². The zero-order valence-electron chi connectivity index (χ0n) is 10.2. The molecule has 0 saturated carbocycles. The zero-order chi connectivity index (χ0) is 13.7. The SMILES string of the molecule is NCCOc1ccc(NC(=O)c2cc(Cl)c[nH]2)cc1. The van der Waals surface area contributed by atoms with Gasteiger partial charge >= 0.3 is 0 Å². The average molecular weight is 280 g/mol. The summed E-state index contributed by atoms with van der Waals surface area (Å²) in [7, 11) is 0. The third-order valence-electron chi connectivity index (χ3n) is 2.39. The second-order valence-corrected chi connectivity index (χ2v) is 4.28. The first-order valence-electron chi connectivity index (χ1n) is 5.77. The molecule has 100 valence electrons. The van der Waals surface area contributed by atoms with Crippen LogP contribution in [0.4, 0.5) is 5.69 Å². The Morgan fingerprint density at radius 3 is 2.68 bits per heavy atom. The van der Waals surface area contributed by atoms with Crippen molar-refractivity contribution in [3.05, 3.63) is 47.2 Å². The van der Waals surface area contributed by atoms with Crippen LogP contribution in [-0.2, 0) is 0 Å². The van der Waals surface area contributed by atoms with Gasteiger partial charge in [-0.2, -0.15) is 0 Å². The summed E-state index contributed by atoms with van der Waals surface area (Å²) in [6.45, 7) is 0.929. The highest BCUT2D eigenvalue weighted by molar-refractivity contribution is 6.31. The number of aromatic amines is 1. The van der Waals surface area contributed by atoms with E-state index in [9.17, 15) is 4.79 Å². The number of anilines is 1. The van der Waals surface area contributed by atoms with Gasteiger partial charge in [0.2, 0.25) is 0 Å². The van der Waals surface area contributed by atoms with Crippen LogP contribution in [0.3, 0.4) is 0 Å². The molecule has 1 amide bonds. The molecular weight excluding hydrogens is 266 g/mol. The van der Waals surface area contributed by atoms with Crippen molar-refractivity contribution in [2.24, 2.45) is 5.73 Å². The third kappa shape index (κ3) is 3.74. The van der Waals surface area contributed by atoms with Crippen LogP contribution in [-0.4, -0.2) is 24.0 Å². The second kappa shape index (κ2) is 6.26. The summed E-state index contributed by atoms with van der Waals surface area (Å²) in [6.07, 6.45) is 1.56. The van der Waals surface area contributed by atoms with Crippen LogP contribution >= 0.6 is 11.6 Å². The molecule has 0 bridgehead atoms. The highest BCUT2D eigenvalue weighted by atomic mass is 35.5. The minimum absolute atomic E-state index is 0.248. The molecule has 0 radical (unpaired) electrons. The summed E-state index contributed by atoms with van der Waals surface area (Å²) in [5, 5.41) is 3.24. The number of amides is 1. The fourth-order valence-electron chi connectivity index (χ4n) is 1.51. The minimum atomic E-state index is -0.248. The zero-order valence-corrected chi connectivity index (χ0v) is 10.9. The molecule has 0 saturated heterocycles. The second-order valence-electron chi connectivity index (χ2n) is 3.85. The number of nitrogens with two attached hydrogens (primary N) is 1. The van der Waals surface area contributed by atoms with Gasteiger partial charge in [0.05, 0.1) is 5.02 Å². The molecule has 4 N–H and O–H groups in total. The normalized spacial score (nSPS) is 10.2. The predicted octanol–water partition coefficient (Wildman–Crippen LogP) is 2.26. The van der Waals surface area contributed by atoms with E-state index in [-0.39, 0.29) is 5.91 Å². The lowest BCUT2D eigenvalue weighted by Crippen LogP contribution is -2.12. The van der Waals surface area contributed by atoms with E-state index < -0.39 is 0 Å². The molecule has 2 rings (SSSR count). The van der Waals surface area contributed by atoms with Gasteiger partial charge in [0.25, 0.3) is 5.91 Å². The molecule has 1 heterocycles. The third-order valence-corrected chi connectivity index (χ3v) is 2.61. The highest BCUT2D eigenvalue weighted by Gasteiger charge is 2.08. The summed E-state index contributed by atoms with van der Waals surface area (Å²) in [5.74, 6) is 0.467. The molecule has 6 heteroatoms. The Labute approximate surface area is 115 Å². The molecule has 0 unspecified atom stereocenters. The fraction of sp³-hybridized carbons (Fsp3) is 0.154. The van der Waals surface area contributed by atoms with Gasteiger partial charge < -0.3 is 20.8 Å². The lowest BCUT2D eigenvalue weighted by Gasteiger charge is -2.06. The van der Waals surface area contributed by atoms with Crippen molar-refractivity contribution in [1.29, 1.82) is 0 Å². The van der Waals surface area contributed by atoms with Gasteiger partial charge in [-0.25, -0.2) is 0 Å². The van der Waals surface area contributed by atoms with Crippen molar-refractivity contribution in [1.82, 2.24) is 4.98 Å². The predicted molar refractivity (Wildman–Crippen MR) is 74.7 cm³/mol. The monoisotopic (exact) mass is 279 g/mol. The Hall–Kier alpha value is -1.98. The van der Waals surface area contributed by atoms with Gasteiger partial charge in [-0.15, -0.1) is 0 Å². The Kier molecular flexibility index (Phi) is 4.43. The van der Waals surface area contributed by atoms with Gasteiger partial charge in [-0.3, -0.25) is 4.79 Å². The van der Waals surface area contributed by atoms with Crippen LogP contribution in [0.2, 0.25) is 5.02 Å². The maximum Gasteiger partial charge on any atom is 0.272 e. The van der Waals surface area contributed by atoms with E-state index in [2.05, 4.69) is 10.3 Å². The number of carbonyl (C=O) groups excluding carboxylic acids is 1. The van der Waals surface area contributed by atoms with E-state index in [4.69, 9.17) is 22.1 Å². The molecule has 0 fully saturated rings. The Morgan fingerprint density at radius 2 is 2.11 bits per heavy atom. The van der Waals surface area contributed by atoms with E-state index in [1.54, 1.807) is 36.5 Å². The minimum Gasteiger partial charge on any atom is -0.492 e. The number of aromatic nitrogens is 1. The standard InChI is InChI=1S/C13H14ClN3O2/c14-9-7-12(16-8-9)13(18)17-10-1-3-11(4-2-10)19-6-5-15/h1-4,7-8,16H,5-6,15H2,(H,17,18). The highest BCUT2D eigenvalue weighted by Crippen LogP contribution is 2.17. The molecule has 0 aliphatic heterocycles. The fourth-order valence-corrected chi connectivity index (χ4v) is 1.67. The first-order valence-corrected chi connectivity index (χ1v) is 6.15. The number of nitrogens with one attached hydrogen (secondary N) is 2. The molecule has 0 spiro atoms. The summed E-state index contributed by atoms with van der Waals surface area (Å²) in [5.41, 5.74) is 6.43. The van der Waals surface area contributed by atoms with Gasteiger partial charge in [0.1, 0.15) is 18.1 Å². The van der Waals surface area contributed by atoms with Crippen LogP contribution in [0.5, 0.6) is 5.75 Å². The van der Waals surface area contributed by atoms with Crippen LogP contribution in [0.15, 0.2) is 36.5 Å². The van der Waals surface area contributed by atoms with Gasteiger partial charge in [0, 0.05) is 18.4 Å². The smallest absolute Gasteiger partial charge is 0.272 e. The lowest BCUT2D eigenvalue weighted by molar-refractivity contribution is 0.102. The largest absolute Gasteiger partial charge is 0.492 e. The molecule has 2 aromatic rings. The Morgan fingerprint density at radius 1 is 1.37 bits per heavy atom. The van der Waals surface area contributed by atoms with Crippen molar-refractivity contribution < 1.29 is 9.53 Å². The Balaban J connectivity index is 1.97. The van der Waals surface area contributed by atoms with Gasteiger partial charge in [-0.1, -0.05) is 11.6 Å². The molecule has 0 aliphatic carbocycles. The van der Waals surface area contributed by atoms with Crippen LogP contribution in [0.1, 0.15) is 10.5 Å². The molecule has 1 aromatic carbocycles. The lowest BCUT2D eigenvalue weighted by atomic mass is 10.3. The molecule has 0 atom stereocenters. The molecule has 0 aliphatic rings. The van der Waals surface area contributed by atoms with Crippen molar-refractivity contribution >= 4 is 23.2 Å². The summed E-state index contributed by atoms with van der Waals surface area (Å²) >= 11 is 5.74. The Bertz CT molecular complexity index is 551. The first kappa shape index (κ1) is 13.5. The summed E-state index contributed by atoms with van der Waals surface area (Å²) in [4.78, 5) is 14.6. The maximum atomic E-state index is 11.8. The first-order chi connectivity index (χ1) is 9.19. The topological polar surface area (TPSA) is 80.1 Å². The van der Waals surface area contributed by atoms with Crippen molar-refractivity contribution in [2.45, 2.75) is 0 Å². The molecule has 1 aromatic heterocycles. The number of benzene rings is 1. The number of hydrogen-bond acceptors (Lipinski definition) is 3. The van der Waals surface area contributed by atoms with E-state index in [1.807, 2.05) is 0 Å². The van der Waals surface area contributed by atoms with Crippen molar-refractivity contribution in [2.75, 3.05) is 18.5 Å². The number of H-pyrrole nitrogens is 1. The van der Waals surface area contributed by atoms with Crippen molar-refractivity contribution in [3.63, 3.8) is 0 Å². The maximum absolute atomic E-state index is 11.8. The van der Waals surface area contributed by atoms with Gasteiger partial charge in [0.15, 0.2) is 0 Å². The number of hydrogen-bond donors (Lipinski definition) is 3.